The molecular weight excluding hydrogens is 252 g/mol. The number of aldehydes is 1. The number of benzene rings is 1. The first kappa shape index (κ1) is 12.4. The van der Waals surface area contributed by atoms with Gasteiger partial charge in [0.15, 0.2) is 12.0 Å². The standard InChI is InChI=1S/C16H14N2O2/c1-11-6-5-7-12(2)15(11)20-16-13(10-19)18-9-4-3-8-14(18)17-16/h3-10H,1-2H3. The van der Waals surface area contributed by atoms with E-state index in [1.807, 2.05) is 50.2 Å². The Balaban J connectivity index is 2.13. The van der Waals surface area contributed by atoms with Gasteiger partial charge in [-0.05, 0) is 37.1 Å². The average Bonchev–Trinajstić information content (AvgIpc) is 2.80. The number of imidazole rings is 1. The summed E-state index contributed by atoms with van der Waals surface area (Å²) in [7, 11) is 0. The number of fused-ring (bicyclic) bond motifs is 1. The van der Waals surface area contributed by atoms with Gasteiger partial charge in [0.1, 0.15) is 11.4 Å². The molecule has 3 aromatic rings. The third kappa shape index (κ3) is 1.95. The van der Waals surface area contributed by atoms with Crippen LogP contribution in [0.15, 0.2) is 42.6 Å². The molecule has 0 aliphatic heterocycles. The summed E-state index contributed by atoms with van der Waals surface area (Å²) in [6.45, 7) is 3.94. The van der Waals surface area contributed by atoms with Crippen molar-refractivity contribution in [2.24, 2.45) is 0 Å². The minimum atomic E-state index is 0.337. The van der Waals surface area contributed by atoms with Gasteiger partial charge < -0.3 is 4.74 Å². The second-order valence-corrected chi connectivity index (χ2v) is 4.67. The van der Waals surface area contributed by atoms with Gasteiger partial charge in [0, 0.05) is 6.20 Å². The zero-order chi connectivity index (χ0) is 14.1. The number of ether oxygens (including phenoxy) is 1. The summed E-state index contributed by atoms with van der Waals surface area (Å²) in [5, 5.41) is 0. The van der Waals surface area contributed by atoms with E-state index in [0.29, 0.717) is 17.2 Å². The smallest absolute Gasteiger partial charge is 0.249 e. The van der Waals surface area contributed by atoms with Crippen molar-refractivity contribution in [2.75, 3.05) is 0 Å². The van der Waals surface area contributed by atoms with Crippen molar-refractivity contribution in [2.45, 2.75) is 13.8 Å². The molecule has 2 heterocycles. The molecule has 0 bridgehead atoms. The number of pyridine rings is 1. The van der Waals surface area contributed by atoms with Crippen LogP contribution >= 0.6 is 0 Å². The lowest BCUT2D eigenvalue weighted by atomic mass is 10.1. The molecule has 0 unspecified atom stereocenters. The predicted octanol–water partition coefficient (Wildman–Crippen LogP) is 3.56. The Kier molecular flexibility index (Phi) is 2.99. The second-order valence-electron chi connectivity index (χ2n) is 4.67. The van der Waals surface area contributed by atoms with Gasteiger partial charge in [0.25, 0.3) is 0 Å². The Labute approximate surface area is 116 Å². The number of carbonyl (C=O) groups is 1. The largest absolute Gasteiger partial charge is 0.436 e. The van der Waals surface area contributed by atoms with Crippen LogP contribution in [0, 0.1) is 13.8 Å². The molecule has 4 nitrogen and oxygen atoms in total. The first-order valence-corrected chi connectivity index (χ1v) is 6.37. The Hall–Kier alpha value is -2.62. The minimum Gasteiger partial charge on any atom is -0.436 e. The van der Waals surface area contributed by atoms with E-state index in [2.05, 4.69) is 4.98 Å². The van der Waals surface area contributed by atoms with E-state index >= 15 is 0 Å². The van der Waals surface area contributed by atoms with E-state index in [0.717, 1.165) is 23.2 Å². The highest BCUT2D eigenvalue weighted by Gasteiger charge is 2.15. The van der Waals surface area contributed by atoms with Gasteiger partial charge in [-0.2, -0.15) is 4.98 Å². The fourth-order valence-corrected chi connectivity index (χ4v) is 2.23. The first-order chi connectivity index (χ1) is 9.70. The maximum absolute atomic E-state index is 11.3. The van der Waals surface area contributed by atoms with Crippen LogP contribution in [0.3, 0.4) is 0 Å². The molecule has 0 N–H and O–H groups in total. The van der Waals surface area contributed by atoms with Crippen molar-refractivity contribution in [1.82, 2.24) is 9.38 Å². The predicted molar refractivity (Wildman–Crippen MR) is 76.6 cm³/mol. The summed E-state index contributed by atoms with van der Waals surface area (Å²) in [5.41, 5.74) is 3.14. The second kappa shape index (κ2) is 4.81. The molecular formula is C16H14N2O2. The lowest BCUT2D eigenvalue weighted by molar-refractivity contribution is 0.111. The van der Waals surface area contributed by atoms with Gasteiger partial charge in [-0.15, -0.1) is 0 Å². The number of hydrogen-bond acceptors (Lipinski definition) is 3. The first-order valence-electron chi connectivity index (χ1n) is 6.37. The highest BCUT2D eigenvalue weighted by atomic mass is 16.5. The fraction of sp³-hybridized carbons (Fsp3) is 0.125. The summed E-state index contributed by atoms with van der Waals surface area (Å²) >= 11 is 0. The highest BCUT2D eigenvalue weighted by Crippen LogP contribution is 2.30. The molecule has 100 valence electrons. The molecule has 0 spiro atoms. The number of aryl methyl sites for hydroxylation is 2. The Morgan fingerprint density at radius 3 is 2.55 bits per heavy atom. The van der Waals surface area contributed by atoms with E-state index < -0.39 is 0 Å². The summed E-state index contributed by atoms with van der Waals surface area (Å²) in [6.07, 6.45) is 2.56. The SMILES string of the molecule is Cc1cccc(C)c1Oc1nc2ccccn2c1C=O. The number of hydrogen-bond donors (Lipinski definition) is 0. The van der Waals surface area contributed by atoms with Crippen molar-refractivity contribution in [3.8, 4) is 11.6 Å². The van der Waals surface area contributed by atoms with Crippen LogP contribution in [-0.4, -0.2) is 15.7 Å². The van der Waals surface area contributed by atoms with Crippen molar-refractivity contribution >= 4 is 11.9 Å². The summed E-state index contributed by atoms with van der Waals surface area (Å²) < 4.78 is 7.60. The van der Waals surface area contributed by atoms with E-state index in [1.54, 1.807) is 10.6 Å². The Bertz CT molecular complexity index is 770. The summed E-state index contributed by atoms with van der Waals surface area (Å²) in [6, 6.07) is 11.5. The maximum atomic E-state index is 11.3. The zero-order valence-corrected chi connectivity index (χ0v) is 11.3. The van der Waals surface area contributed by atoms with Crippen molar-refractivity contribution in [1.29, 1.82) is 0 Å². The molecule has 0 amide bonds. The molecule has 3 rings (SSSR count). The number of nitrogens with zero attached hydrogens (tertiary/aromatic N) is 2. The molecule has 0 aliphatic rings. The Morgan fingerprint density at radius 1 is 1.10 bits per heavy atom. The van der Waals surface area contributed by atoms with Crippen LogP contribution in [0.2, 0.25) is 0 Å². The summed E-state index contributed by atoms with van der Waals surface area (Å²) in [5.74, 6) is 1.09. The fourth-order valence-electron chi connectivity index (χ4n) is 2.23. The van der Waals surface area contributed by atoms with Crippen molar-refractivity contribution in [3.63, 3.8) is 0 Å². The molecule has 1 aromatic carbocycles. The topological polar surface area (TPSA) is 43.6 Å². The molecule has 0 saturated carbocycles. The average molecular weight is 266 g/mol. The van der Waals surface area contributed by atoms with Crippen LogP contribution in [0.25, 0.3) is 5.65 Å². The minimum absolute atomic E-state index is 0.337. The molecule has 2 aromatic heterocycles. The molecule has 20 heavy (non-hydrogen) atoms. The van der Waals surface area contributed by atoms with Gasteiger partial charge in [0.2, 0.25) is 5.88 Å². The third-order valence-corrected chi connectivity index (χ3v) is 3.25. The third-order valence-electron chi connectivity index (χ3n) is 3.25. The molecule has 0 saturated heterocycles. The van der Waals surface area contributed by atoms with E-state index in [9.17, 15) is 4.79 Å². The van der Waals surface area contributed by atoms with Crippen LogP contribution in [-0.2, 0) is 0 Å². The number of aromatic nitrogens is 2. The van der Waals surface area contributed by atoms with E-state index in [-0.39, 0.29) is 0 Å². The van der Waals surface area contributed by atoms with Crippen LogP contribution in [0.4, 0.5) is 0 Å². The number of para-hydroxylation sites is 1. The molecule has 0 aliphatic carbocycles. The normalized spacial score (nSPS) is 10.7. The van der Waals surface area contributed by atoms with Crippen molar-refractivity contribution < 1.29 is 9.53 Å². The van der Waals surface area contributed by atoms with Crippen LogP contribution < -0.4 is 4.74 Å². The van der Waals surface area contributed by atoms with Gasteiger partial charge in [-0.1, -0.05) is 24.3 Å². The van der Waals surface area contributed by atoms with Crippen molar-refractivity contribution in [3.05, 3.63) is 59.4 Å². The zero-order valence-electron chi connectivity index (χ0n) is 11.3. The van der Waals surface area contributed by atoms with Gasteiger partial charge in [-0.3, -0.25) is 9.20 Å². The molecule has 4 heteroatoms. The maximum Gasteiger partial charge on any atom is 0.249 e. The van der Waals surface area contributed by atoms with Gasteiger partial charge in [0.05, 0.1) is 0 Å². The number of rotatable bonds is 3. The lowest BCUT2D eigenvalue weighted by Crippen LogP contribution is -1.95. The molecule has 0 atom stereocenters. The van der Waals surface area contributed by atoms with E-state index in [1.165, 1.54) is 0 Å². The lowest BCUT2D eigenvalue weighted by Gasteiger charge is -2.09. The molecule has 0 radical (unpaired) electrons. The van der Waals surface area contributed by atoms with Gasteiger partial charge >= 0.3 is 0 Å². The van der Waals surface area contributed by atoms with Crippen LogP contribution in [0.1, 0.15) is 21.6 Å². The van der Waals surface area contributed by atoms with Gasteiger partial charge in [-0.25, -0.2) is 0 Å². The quantitative estimate of drug-likeness (QED) is 0.681. The highest BCUT2D eigenvalue weighted by molar-refractivity contribution is 5.78. The van der Waals surface area contributed by atoms with E-state index in [4.69, 9.17) is 4.74 Å². The monoisotopic (exact) mass is 266 g/mol. The molecule has 0 fully saturated rings. The Morgan fingerprint density at radius 2 is 1.85 bits per heavy atom. The van der Waals surface area contributed by atoms with Crippen LogP contribution in [0.5, 0.6) is 11.6 Å². The number of carbonyl (C=O) groups excluding carboxylic acids is 1. The summed E-state index contributed by atoms with van der Waals surface area (Å²) in [4.78, 5) is 15.7.